The van der Waals surface area contributed by atoms with Crippen LogP contribution in [0.25, 0.3) is 0 Å². The number of rotatable bonds is 7. The number of nitrogens with zero attached hydrogens (tertiary/aromatic N) is 1. The molecule has 1 atom stereocenters. The van der Waals surface area contributed by atoms with Crippen molar-refractivity contribution >= 4 is 6.29 Å². The second-order valence-electron chi connectivity index (χ2n) is 4.52. The van der Waals surface area contributed by atoms with Gasteiger partial charge in [-0.1, -0.05) is 6.07 Å². The van der Waals surface area contributed by atoms with Gasteiger partial charge in [-0.05, 0) is 39.6 Å². The number of carbonyl (C=O) groups is 1. The van der Waals surface area contributed by atoms with Crippen LogP contribution in [-0.4, -0.2) is 45.0 Å². The maximum atomic E-state index is 11.0. The third-order valence-corrected chi connectivity index (χ3v) is 2.66. The van der Waals surface area contributed by atoms with Crippen LogP contribution in [0.3, 0.4) is 0 Å². The summed E-state index contributed by atoms with van der Waals surface area (Å²) in [7, 11) is 5.61. The smallest absolute Gasteiger partial charge is 0.172 e. The first kappa shape index (κ1) is 14.5. The van der Waals surface area contributed by atoms with E-state index >= 15 is 0 Å². The molecule has 0 aliphatic rings. The van der Waals surface area contributed by atoms with E-state index in [0.717, 1.165) is 19.3 Å². The van der Waals surface area contributed by atoms with Crippen LogP contribution in [0, 0.1) is 0 Å². The summed E-state index contributed by atoms with van der Waals surface area (Å²) in [6.07, 6.45) is 1.71. The second-order valence-corrected chi connectivity index (χ2v) is 4.52. The molecule has 18 heavy (non-hydrogen) atoms. The summed E-state index contributed by atoms with van der Waals surface area (Å²) >= 11 is 0. The molecule has 0 heterocycles. The number of hydrogen-bond acceptors (Lipinski definition) is 4. The Labute approximate surface area is 108 Å². The van der Waals surface area contributed by atoms with Crippen LogP contribution in [0.15, 0.2) is 18.2 Å². The van der Waals surface area contributed by atoms with Crippen molar-refractivity contribution in [2.45, 2.75) is 19.4 Å². The summed E-state index contributed by atoms with van der Waals surface area (Å²) in [4.78, 5) is 13.1. The second kappa shape index (κ2) is 7.01. The molecule has 1 unspecified atom stereocenters. The third-order valence-electron chi connectivity index (χ3n) is 2.66. The lowest BCUT2D eigenvalue weighted by Gasteiger charge is -2.19. The minimum Gasteiger partial charge on any atom is -0.493 e. The fraction of sp³-hybridized carbons (Fsp3) is 0.500. The zero-order valence-electron chi connectivity index (χ0n) is 11.5. The molecule has 1 aromatic rings. The lowest BCUT2D eigenvalue weighted by Crippen LogP contribution is -2.22. The average molecular weight is 251 g/mol. The Morgan fingerprint density at radius 1 is 1.39 bits per heavy atom. The van der Waals surface area contributed by atoms with Gasteiger partial charge in [-0.15, -0.1) is 0 Å². The summed E-state index contributed by atoms with van der Waals surface area (Å²) in [5.74, 6) is 1.12. The molecular formula is C14H21NO3. The van der Waals surface area contributed by atoms with Crippen LogP contribution in [0.5, 0.6) is 11.5 Å². The van der Waals surface area contributed by atoms with E-state index in [1.807, 2.05) is 21.0 Å². The van der Waals surface area contributed by atoms with Gasteiger partial charge in [0.05, 0.1) is 18.8 Å². The topological polar surface area (TPSA) is 38.8 Å². The summed E-state index contributed by atoms with van der Waals surface area (Å²) in [5, 5.41) is 0. The normalized spacial score (nSPS) is 12.3. The molecule has 0 amide bonds. The predicted molar refractivity (Wildman–Crippen MR) is 71.6 cm³/mol. The van der Waals surface area contributed by atoms with Crippen molar-refractivity contribution in [2.24, 2.45) is 0 Å². The molecule has 1 aromatic carbocycles. The van der Waals surface area contributed by atoms with E-state index in [1.54, 1.807) is 25.3 Å². The number of hydrogen-bond donors (Lipinski definition) is 0. The highest BCUT2D eigenvalue weighted by molar-refractivity contribution is 5.81. The molecule has 0 bridgehead atoms. The van der Waals surface area contributed by atoms with Crippen LogP contribution in [0.4, 0.5) is 0 Å². The van der Waals surface area contributed by atoms with E-state index in [-0.39, 0.29) is 6.10 Å². The summed E-state index contributed by atoms with van der Waals surface area (Å²) in [6, 6.07) is 5.30. The fourth-order valence-electron chi connectivity index (χ4n) is 1.61. The number of methoxy groups -OCH3 is 1. The molecule has 0 saturated carbocycles. The zero-order chi connectivity index (χ0) is 13.5. The van der Waals surface area contributed by atoms with Gasteiger partial charge in [0.25, 0.3) is 0 Å². The lowest BCUT2D eigenvalue weighted by atomic mass is 10.2. The van der Waals surface area contributed by atoms with Crippen LogP contribution < -0.4 is 9.47 Å². The molecule has 4 nitrogen and oxygen atoms in total. The lowest BCUT2D eigenvalue weighted by molar-refractivity contribution is 0.111. The van der Waals surface area contributed by atoms with E-state index in [0.29, 0.717) is 17.1 Å². The minimum atomic E-state index is 0.0300. The van der Waals surface area contributed by atoms with Crippen molar-refractivity contribution in [3.63, 3.8) is 0 Å². The van der Waals surface area contributed by atoms with Crippen molar-refractivity contribution in [2.75, 3.05) is 27.7 Å². The standard InChI is InChI=1S/C14H21NO3/c1-11(8-9-15(2)3)18-14-12(10-16)6-5-7-13(14)17-4/h5-7,10-11H,8-9H2,1-4H3. The van der Waals surface area contributed by atoms with Crippen molar-refractivity contribution in [1.29, 1.82) is 0 Å². The molecular weight excluding hydrogens is 230 g/mol. The van der Waals surface area contributed by atoms with Gasteiger partial charge in [-0.2, -0.15) is 0 Å². The number of para-hydroxylation sites is 1. The largest absolute Gasteiger partial charge is 0.493 e. The van der Waals surface area contributed by atoms with Crippen molar-refractivity contribution in [3.05, 3.63) is 23.8 Å². The Balaban J connectivity index is 2.78. The van der Waals surface area contributed by atoms with E-state index in [2.05, 4.69) is 4.90 Å². The van der Waals surface area contributed by atoms with Crippen LogP contribution in [0.1, 0.15) is 23.7 Å². The Morgan fingerprint density at radius 3 is 2.67 bits per heavy atom. The first-order valence-electron chi connectivity index (χ1n) is 6.02. The van der Waals surface area contributed by atoms with E-state index in [1.165, 1.54) is 0 Å². The van der Waals surface area contributed by atoms with Gasteiger partial charge in [-0.25, -0.2) is 0 Å². The summed E-state index contributed by atoms with van der Waals surface area (Å²) < 4.78 is 11.0. The van der Waals surface area contributed by atoms with Crippen LogP contribution >= 0.6 is 0 Å². The van der Waals surface area contributed by atoms with Crippen molar-refractivity contribution < 1.29 is 14.3 Å². The average Bonchev–Trinajstić information content (AvgIpc) is 2.36. The molecule has 0 aromatic heterocycles. The number of aldehydes is 1. The first-order chi connectivity index (χ1) is 8.58. The fourth-order valence-corrected chi connectivity index (χ4v) is 1.61. The Hall–Kier alpha value is -1.55. The van der Waals surface area contributed by atoms with Crippen LogP contribution in [0.2, 0.25) is 0 Å². The summed E-state index contributed by atoms with van der Waals surface area (Å²) in [5.41, 5.74) is 0.519. The van der Waals surface area contributed by atoms with Gasteiger partial charge in [0.2, 0.25) is 0 Å². The Kier molecular flexibility index (Phi) is 5.65. The summed E-state index contributed by atoms with van der Waals surface area (Å²) in [6.45, 7) is 2.93. The number of carbonyl (C=O) groups excluding carboxylic acids is 1. The number of benzene rings is 1. The third kappa shape index (κ3) is 4.04. The monoisotopic (exact) mass is 251 g/mol. The Bertz CT molecular complexity index is 391. The molecule has 0 aliphatic heterocycles. The van der Waals surface area contributed by atoms with Gasteiger partial charge in [0.15, 0.2) is 17.8 Å². The molecule has 0 spiro atoms. The first-order valence-corrected chi connectivity index (χ1v) is 6.02. The zero-order valence-corrected chi connectivity index (χ0v) is 11.5. The minimum absolute atomic E-state index is 0.0300. The van der Waals surface area contributed by atoms with E-state index in [9.17, 15) is 4.79 Å². The SMILES string of the molecule is COc1cccc(C=O)c1OC(C)CCN(C)C. The Morgan fingerprint density at radius 2 is 2.11 bits per heavy atom. The predicted octanol–water partition coefficient (Wildman–Crippen LogP) is 2.23. The molecule has 0 fully saturated rings. The van der Waals surface area contributed by atoms with Gasteiger partial charge >= 0.3 is 0 Å². The van der Waals surface area contributed by atoms with Gasteiger partial charge in [-0.3, -0.25) is 4.79 Å². The van der Waals surface area contributed by atoms with Gasteiger partial charge in [0, 0.05) is 6.54 Å². The molecule has 1 rings (SSSR count). The molecule has 0 N–H and O–H groups in total. The van der Waals surface area contributed by atoms with Gasteiger partial charge in [0.1, 0.15) is 0 Å². The molecule has 0 aliphatic carbocycles. The highest BCUT2D eigenvalue weighted by atomic mass is 16.5. The van der Waals surface area contributed by atoms with Crippen molar-refractivity contribution in [3.8, 4) is 11.5 Å². The number of ether oxygens (including phenoxy) is 2. The van der Waals surface area contributed by atoms with Crippen molar-refractivity contribution in [1.82, 2.24) is 4.90 Å². The van der Waals surface area contributed by atoms with E-state index < -0.39 is 0 Å². The maximum Gasteiger partial charge on any atom is 0.172 e. The molecule has 0 radical (unpaired) electrons. The maximum absolute atomic E-state index is 11.0. The highest BCUT2D eigenvalue weighted by Gasteiger charge is 2.13. The quantitative estimate of drug-likeness (QED) is 0.697. The molecule has 0 saturated heterocycles. The highest BCUT2D eigenvalue weighted by Crippen LogP contribution is 2.31. The van der Waals surface area contributed by atoms with Crippen LogP contribution in [-0.2, 0) is 0 Å². The van der Waals surface area contributed by atoms with E-state index in [4.69, 9.17) is 9.47 Å². The molecule has 100 valence electrons. The van der Waals surface area contributed by atoms with Gasteiger partial charge < -0.3 is 14.4 Å². The molecule has 4 heteroatoms.